The second-order valence-corrected chi connectivity index (χ2v) is 6.34. The van der Waals surface area contributed by atoms with Crippen molar-refractivity contribution < 1.29 is 8.42 Å². The summed E-state index contributed by atoms with van der Waals surface area (Å²) in [6, 6.07) is 9.81. The number of sulfonamides is 1. The van der Waals surface area contributed by atoms with Gasteiger partial charge in [0.15, 0.2) is 0 Å². The maximum atomic E-state index is 12.3. The topological polar surface area (TPSA) is 85.1 Å². The number of nitrogens with one attached hydrogen (secondary N) is 1. The predicted molar refractivity (Wildman–Crippen MR) is 78.8 cm³/mol. The molecule has 6 heteroatoms. The van der Waals surface area contributed by atoms with Gasteiger partial charge in [-0.1, -0.05) is 12.1 Å². The van der Waals surface area contributed by atoms with Gasteiger partial charge in [-0.05, 0) is 43.7 Å². The molecule has 5 nitrogen and oxygen atoms in total. The van der Waals surface area contributed by atoms with E-state index >= 15 is 0 Å². The summed E-state index contributed by atoms with van der Waals surface area (Å²) in [7, 11) is -3.63. The van der Waals surface area contributed by atoms with Crippen molar-refractivity contribution in [2.45, 2.75) is 24.8 Å². The molecule has 1 unspecified atom stereocenters. The first-order valence-electron chi connectivity index (χ1n) is 6.19. The highest BCUT2D eigenvalue weighted by atomic mass is 32.2. The second-order valence-electron chi connectivity index (χ2n) is 4.65. The lowest BCUT2D eigenvalue weighted by Crippen LogP contribution is -2.14. The number of hydrogen-bond donors (Lipinski definition) is 2. The van der Waals surface area contributed by atoms with Gasteiger partial charge in [0.05, 0.1) is 16.8 Å². The molecule has 0 amide bonds. The molecular formula is C14H17N3O2S. The average Bonchev–Trinajstić information content (AvgIpc) is 2.41. The number of benzene rings is 1. The van der Waals surface area contributed by atoms with Crippen LogP contribution < -0.4 is 10.5 Å². The van der Waals surface area contributed by atoms with Crippen LogP contribution in [0, 0.1) is 6.92 Å². The quantitative estimate of drug-likeness (QED) is 0.904. The number of rotatable bonds is 4. The largest absolute Gasteiger partial charge is 0.324 e. The van der Waals surface area contributed by atoms with Gasteiger partial charge in [0, 0.05) is 11.7 Å². The second kappa shape index (κ2) is 5.60. The maximum absolute atomic E-state index is 12.3. The van der Waals surface area contributed by atoms with Crippen molar-refractivity contribution in [1.29, 1.82) is 0 Å². The lowest BCUT2D eigenvalue weighted by Gasteiger charge is -2.10. The van der Waals surface area contributed by atoms with E-state index in [0.29, 0.717) is 5.69 Å². The van der Waals surface area contributed by atoms with E-state index in [1.54, 1.807) is 30.3 Å². The fourth-order valence-corrected chi connectivity index (χ4v) is 2.81. The van der Waals surface area contributed by atoms with Crippen LogP contribution in [-0.2, 0) is 10.0 Å². The van der Waals surface area contributed by atoms with Gasteiger partial charge in [-0.3, -0.25) is 9.71 Å². The van der Waals surface area contributed by atoms with Gasteiger partial charge in [-0.25, -0.2) is 8.42 Å². The van der Waals surface area contributed by atoms with Crippen LogP contribution in [-0.4, -0.2) is 13.4 Å². The molecular weight excluding hydrogens is 274 g/mol. The Morgan fingerprint density at radius 1 is 1.25 bits per heavy atom. The van der Waals surface area contributed by atoms with E-state index in [0.717, 1.165) is 11.3 Å². The van der Waals surface area contributed by atoms with Crippen LogP contribution in [0.15, 0.2) is 47.5 Å². The molecule has 0 aliphatic heterocycles. The molecule has 0 spiro atoms. The zero-order valence-corrected chi connectivity index (χ0v) is 12.2. The van der Waals surface area contributed by atoms with E-state index in [9.17, 15) is 8.42 Å². The van der Waals surface area contributed by atoms with Crippen molar-refractivity contribution in [1.82, 2.24) is 4.98 Å². The SMILES string of the molecule is Cc1ccc(NS(=O)(=O)c2cccc(C(C)N)c2)cn1. The predicted octanol–water partition coefficient (Wildman–Crippen LogP) is 2.21. The summed E-state index contributed by atoms with van der Waals surface area (Å²) in [6.07, 6.45) is 1.49. The van der Waals surface area contributed by atoms with Crippen LogP contribution in [0.1, 0.15) is 24.2 Å². The smallest absolute Gasteiger partial charge is 0.261 e. The van der Waals surface area contributed by atoms with Gasteiger partial charge < -0.3 is 5.73 Å². The summed E-state index contributed by atoms with van der Waals surface area (Å²) in [4.78, 5) is 4.24. The summed E-state index contributed by atoms with van der Waals surface area (Å²) < 4.78 is 27.1. The van der Waals surface area contributed by atoms with Crippen molar-refractivity contribution in [3.05, 3.63) is 53.9 Å². The maximum Gasteiger partial charge on any atom is 0.261 e. The van der Waals surface area contributed by atoms with E-state index in [1.165, 1.54) is 12.3 Å². The monoisotopic (exact) mass is 291 g/mol. The first kappa shape index (κ1) is 14.5. The molecule has 0 bridgehead atoms. The van der Waals surface area contributed by atoms with Crippen molar-refractivity contribution in [2.24, 2.45) is 5.73 Å². The molecule has 0 fully saturated rings. The van der Waals surface area contributed by atoms with Crippen LogP contribution >= 0.6 is 0 Å². The Kier molecular flexibility index (Phi) is 4.06. The minimum Gasteiger partial charge on any atom is -0.324 e. The first-order chi connectivity index (χ1) is 9.38. The van der Waals surface area contributed by atoms with E-state index in [4.69, 9.17) is 5.73 Å². The van der Waals surface area contributed by atoms with E-state index in [2.05, 4.69) is 9.71 Å². The zero-order chi connectivity index (χ0) is 14.8. The number of anilines is 1. The lowest BCUT2D eigenvalue weighted by atomic mass is 10.1. The molecule has 0 saturated heterocycles. The highest BCUT2D eigenvalue weighted by Gasteiger charge is 2.15. The average molecular weight is 291 g/mol. The Labute approximate surface area is 118 Å². The van der Waals surface area contributed by atoms with Gasteiger partial charge in [-0.15, -0.1) is 0 Å². The van der Waals surface area contributed by atoms with Crippen molar-refractivity contribution in [3.63, 3.8) is 0 Å². The van der Waals surface area contributed by atoms with Crippen LogP contribution in [0.5, 0.6) is 0 Å². The normalized spacial score (nSPS) is 12.9. The standard InChI is InChI=1S/C14H17N3O2S/c1-10-6-7-13(9-16-10)17-20(18,19)14-5-3-4-12(8-14)11(2)15/h3-9,11,17H,15H2,1-2H3. The fraction of sp³-hybridized carbons (Fsp3) is 0.214. The molecule has 1 aromatic heterocycles. The van der Waals surface area contributed by atoms with Crippen LogP contribution in [0.25, 0.3) is 0 Å². The molecule has 2 aromatic rings. The highest BCUT2D eigenvalue weighted by Crippen LogP contribution is 2.19. The molecule has 1 heterocycles. The third-order valence-electron chi connectivity index (χ3n) is 2.86. The summed E-state index contributed by atoms with van der Waals surface area (Å²) in [5.74, 6) is 0. The molecule has 106 valence electrons. The van der Waals surface area contributed by atoms with Crippen LogP contribution in [0.2, 0.25) is 0 Å². The van der Waals surface area contributed by atoms with Crippen molar-refractivity contribution >= 4 is 15.7 Å². The molecule has 1 atom stereocenters. The van der Waals surface area contributed by atoms with E-state index in [-0.39, 0.29) is 10.9 Å². The van der Waals surface area contributed by atoms with Gasteiger partial charge in [0.2, 0.25) is 0 Å². The van der Waals surface area contributed by atoms with Gasteiger partial charge in [0.25, 0.3) is 10.0 Å². The molecule has 0 radical (unpaired) electrons. The molecule has 3 N–H and O–H groups in total. The van der Waals surface area contributed by atoms with E-state index in [1.807, 2.05) is 13.8 Å². The van der Waals surface area contributed by atoms with Gasteiger partial charge in [0.1, 0.15) is 0 Å². The number of nitrogens with zero attached hydrogens (tertiary/aromatic N) is 1. The number of pyridine rings is 1. The number of hydrogen-bond acceptors (Lipinski definition) is 4. The molecule has 0 aliphatic rings. The van der Waals surface area contributed by atoms with E-state index < -0.39 is 10.0 Å². The van der Waals surface area contributed by atoms with Crippen molar-refractivity contribution in [2.75, 3.05) is 4.72 Å². The van der Waals surface area contributed by atoms with Gasteiger partial charge >= 0.3 is 0 Å². The number of aryl methyl sites for hydroxylation is 1. The Morgan fingerprint density at radius 3 is 2.60 bits per heavy atom. The Balaban J connectivity index is 2.30. The summed E-state index contributed by atoms with van der Waals surface area (Å²) in [5.41, 5.74) is 7.80. The van der Waals surface area contributed by atoms with Crippen LogP contribution in [0.4, 0.5) is 5.69 Å². The Bertz CT molecular complexity index is 695. The number of nitrogens with two attached hydrogens (primary N) is 1. The Morgan fingerprint density at radius 2 is 2.00 bits per heavy atom. The molecule has 20 heavy (non-hydrogen) atoms. The Hall–Kier alpha value is -1.92. The van der Waals surface area contributed by atoms with Crippen molar-refractivity contribution in [3.8, 4) is 0 Å². The highest BCUT2D eigenvalue weighted by molar-refractivity contribution is 7.92. The third-order valence-corrected chi connectivity index (χ3v) is 4.24. The zero-order valence-electron chi connectivity index (χ0n) is 11.4. The van der Waals surface area contributed by atoms with Gasteiger partial charge in [-0.2, -0.15) is 0 Å². The molecule has 0 saturated carbocycles. The minimum atomic E-state index is -3.63. The first-order valence-corrected chi connectivity index (χ1v) is 7.68. The summed E-state index contributed by atoms with van der Waals surface area (Å²) >= 11 is 0. The number of aromatic nitrogens is 1. The third kappa shape index (κ3) is 3.34. The molecule has 0 aliphatic carbocycles. The molecule has 2 rings (SSSR count). The summed E-state index contributed by atoms with van der Waals surface area (Å²) in [5, 5.41) is 0. The van der Waals surface area contributed by atoms with Crippen LogP contribution in [0.3, 0.4) is 0 Å². The fourth-order valence-electron chi connectivity index (χ4n) is 1.71. The minimum absolute atomic E-state index is 0.188. The summed E-state index contributed by atoms with van der Waals surface area (Å²) in [6.45, 7) is 3.65. The lowest BCUT2D eigenvalue weighted by molar-refractivity contribution is 0.601. The molecule has 1 aromatic carbocycles.